The zero-order valence-electron chi connectivity index (χ0n) is 12.8. The van der Waals surface area contributed by atoms with Gasteiger partial charge in [-0.1, -0.05) is 12.1 Å². The largest absolute Gasteiger partial charge is 0.396 e. The van der Waals surface area contributed by atoms with Crippen LogP contribution in [-0.4, -0.2) is 21.3 Å². The third kappa shape index (κ3) is 2.74. The van der Waals surface area contributed by atoms with Crippen molar-refractivity contribution < 1.29 is 9.50 Å². The molecule has 4 heteroatoms. The number of rotatable bonds is 4. The first-order valence-electron chi connectivity index (χ1n) is 7.40. The average Bonchev–Trinajstić information content (AvgIpc) is 2.80. The van der Waals surface area contributed by atoms with Gasteiger partial charge in [0, 0.05) is 13.0 Å². The van der Waals surface area contributed by atoms with E-state index in [4.69, 9.17) is 0 Å². The molecule has 1 aromatic heterocycles. The van der Waals surface area contributed by atoms with Crippen LogP contribution in [0.2, 0.25) is 0 Å². The van der Waals surface area contributed by atoms with Crippen LogP contribution in [0.25, 0.3) is 11.0 Å². The van der Waals surface area contributed by atoms with E-state index in [1.165, 1.54) is 23.3 Å². The quantitative estimate of drug-likeness (QED) is 0.802. The molecule has 0 bridgehead atoms. The minimum atomic E-state index is -0.235. The summed E-state index contributed by atoms with van der Waals surface area (Å²) in [4.78, 5) is 4.65. The zero-order chi connectivity index (χ0) is 15.7. The van der Waals surface area contributed by atoms with Crippen LogP contribution in [0.4, 0.5) is 4.39 Å². The predicted octanol–water partition coefficient (Wildman–Crippen LogP) is 3.38. The standard InChI is InChI=1S/C18H19FN2O/c1-12-9-16-17(10-13(12)2)21(18(20-16)7-8-22)11-14-3-5-15(19)6-4-14/h3-6,9-10,22H,7-8,11H2,1-2H3. The highest BCUT2D eigenvalue weighted by molar-refractivity contribution is 5.78. The number of aromatic nitrogens is 2. The number of fused-ring (bicyclic) bond motifs is 1. The lowest BCUT2D eigenvalue weighted by atomic mass is 10.1. The number of nitrogens with zero attached hydrogens (tertiary/aromatic N) is 2. The van der Waals surface area contributed by atoms with Crippen molar-refractivity contribution in [2.75, 3.05) is 6.61 Å². The second-order valence-corrected chi connectivity index (χ2v) is 5.64. The van der Waals surface area contributed by atoms with E-state index in [9.17, 15) is 9.50 Å². The number of imidazole rings is 1. The van der Waals surface area contributed by atoms with Gasteiger partial charge in [-0.25, -0.2) is 9.37 Å². The summed E-state index contributed by atoms with van der Waals surface area (Å²) < 4.78 is 15.2. The van der Waals surface area contributed by atoms with Crippen LogP contribution in [0.3, 0.4) is 0 Å². The van der Waals surface area contributed by atoms with Gasteiger partial charge in [-0.15, -0.1) is 0 Å². The van der Waals surface area contributed by atoms with Crippen molar-refractivity contribution >= 4 is 11.0 Å². The summed E-state index contributed by atoms with van der Waals surface area (Å²) in [5.41, 5.74) is 5.42. The summed E-state index contributed by atoms with van der Waals surface area (Å²) in [6.45, 7) is 4.83. The van der Waals surface area contributed by atoms with Gasteiger partial charge < -0.3 is 9.67 Å². The Morgan fingerprint density at radius 3 is 2.45 bits per heavy atom. The third-order valence-corrected chi connectivity index (χ3v) is 4.03. The first-order valence-corrected chi connectivity index (χ1v) is 7.40. The fourth-order valence-electron chi connectivity index (χ4n) is 2.67. The molecule has 0 spiro atoms. The van der Waals surface area contributed by atoms with E-state index in [0.717, 1.165) is 22.4 Å². The Hall–Kier alpha value is -2.20. The van der Waals surface area contributed by atoms with Crippen molar-refractivity contribution in [2.45, 2.75) is 26.8 Å². The Bertz CT molecular complexity index is 806. The molecule has 0 saturated heterocycles. The zero-order valence-corrected chi connectivity index (χ0v) is 12.8. The molecule has 0 radical (unpaired) electrons. The summed E-state index contributed by atoms with van der Waals surface area (Å²) in [6, 6.07) is 10.7. The SMILES string of the molecule is Cc1cc2nc(CCO)n(Cc3ccc(F)cc3)c2cc1C. The number of aliphatic hydroxyl groups is 1. The number of aryl methyl sites for hydroxylation is 2. The van der Waals surface area contributed by atoms with Crippen LogP contribution in [0, 0.1) is 19.7 Å². The molecular formula is C18H19FN2O. The molecule has 0 amide bonds. The molecule has 0 aliphatic heterocycles. The van der Waals surface area contributed by atoms with Crippen molar-refractivity contribution in [2.24, 2.45) is 0 Å². The molecule has 1 N–H and O–H groups in total. The van der Waals surface area contributed by atoms with Gasteiger partial charge in [0.25, 0.3) is 0 Å². The van der Waals surface area contributed by atoms with E-state index in [1.54, 1.807) is 12.1 Å². The normalized spacial score (nSPS) is 11.3. The van der Waals surface area contributed by atoms with Gasteiger partial charge >= 0.3 is 0 Å². The van der Waals surface area contributed by atoms with Crippen LogP contribution < -0.4 is 0 Å². The molecule has 2 aromatic carbocycles. The van der Waals surface area contributed by atoms with Crippen molar-refractivity contribution in [3.8, 4) is 0 Å². The van der Waals surface area contributed by atoms with Crippen molar-refractivity contribution in [3.63, 3.8) is 0 Å². The molecule has 0 aliphatic rings. The molecule has 0 fully saturated rings. The first kappa shape index (κ1) is 14.7. The van der Waals surface area contributed by atoms with Gasteiger partial charge in [-0.05, 0) is 54.8 Å². The summed E-state index contributed by atoms with van der Waals surface area (Å²) in [5, 5.41) is 9.28. The van der Waals surface area contributed by atoms with E-state index >= 15 is 0 Å². The highest BCUT2D eigenvalue weighted by Gasteiger charge is 2.12. The van der Waals surface area contributed by atoms with Gasteiger partial charge in [0.15, 0.2) is 0 Å². The Kier molecular flexibility index (Phi) is 3.94. The summed E-state index contributed by atoms with van der Waals surface area (Å²) >= 11 is 0. The van der Waals surface area contributed by atoms with E-state index in [0.29, 0.717) is 13.0 Å². The number of benzene rings is 2. The lowest BCUT2D eigenvalue weighted by Gasteiger charge is -2.10. The molecule has 0 unspecified atom stereocenters. The molecule has 0 atom stereocenters. The van der Waals surface area contributed by atoms with Gasteiger partial charge in [-0.2, -0.15) is 0 Å². The molecule has 1 heterocycles. The maximum atomic E-state index is 13.1. The summed E-state index contributed by atoms with van der Waals surface area (Å²) in [6.07, 6.45) is 0.508. The Labute approximate surface area is 129 Å². The van der Waals surface area contributed by atoms with Crippen LogP contribution in [0.5, 0.6) is 0 Å². The maximum Gasteiger partial charge on any atom is 0.123 e. The molecule has 0 aliphatic carbocycles. The summed E-state index contributed by atoms with van der Waals surface area (Å²) in [5.74, 6) is 0.619. The van der Waals surface area contributed by atoms with Crippen LogP contribution >= 0.6 is 0 Å². The number of halogens is 1. The molecule has 3 aromatic rings. The Morgan fingerprint density at radius 2 is 1.77 bits per heavy atom. The monoisotopic (exact) mass is 298 g/mol. The predicted molar refractivity (Wildman–Crippen MR) is 85.5 cm³/mol. The topological polar surface area (TPSA) is 38.1 Å². The van der Waals surface area contributed by atoms with Crippen LogP contribution in [0.15, 0.2) is 36.4 Å². The van der Waals surface area contributed by atoms with Crippen molar-refractivity contribution in [1.29, 1.82) is 0 Å². The second kappa shape index (κ2) is 5.89. The van der Waals surface area contributed by atoms with E-state index in [1.807, 2.05) is 0 Å². The molecule has 22 heavy (non-hydrogen) atoms. The first-order chi connectivity index (χ1) is 10.6. The fourth-order valence-corrected chi connectivity index (χ4v) is 2.67. The van der Waals surface area contributed by atoms with Gasteiger partial charge in [0.2, 0.25) is 0 Å². The van der Waals surface area contributed by atoms with Gasteiger partial charge in [-0.3, -0.25) is 0 Å². The molecule has 3 rings (SSSR count). The van der Waals surface area contributed by atoms with E-state index in [2.05, 4.69) is 35.5 Å². The van der Waals surface area contributed by atoms with E-state index in [-0.39, 0.29) is 12.4 Å². The summed E-state index contributed by atoms with van der Waals surface area (Å²) in [7, 11) is 0. The van der Waals surface area contributed by atoms with E-state index < -0.39 is 0 Å². The van der Waals surface area contributed by atoms with Crippen molar-refractivity contribution in [3.05, 3.63) is 64.7 Å². The molecule has 0 saturated carbocycles. The lowest BCUT2D eigenvalue weighted by Crippen LogP contribution is -2.07. The third-order valence-electron chi connectivity index (χ3n) is 4.03. The van der Waals surface area contributed by atoms with Crippen LogP contribution in [0.1, 0.15) is 22.5 Å². The number of aliphatic hydroxyl groups excluding tert-OH is 1. The minimum Gasteiger partial charge on any atom is -0.396 e. The number of hydrogen-bond donors (Lipinski definition) is 1. The number of hydrogen-bond acceptors (Lipinski definition) is 2. The maximum absolute atomic E-state index is 13.1. The van der Waals surface area contributed by atoms with Crippen molar-refractivity contribution in [1.82, 2.24) is 9.55 Å². The fraction of sp³-hybridized carbons (Fsp3) is 0.278. The lowest BCUT2D eigenvalue weighted by molar-refractivity contribution is 0.295. The smallest absolute Gasteiger partial charge is 0.123 e. The van der Waals surface area contributed by atoms with Crippen LogP contribution in [-0.2, 0) is 13.0 Å². The molecule has 3 nitrogen and oxygen atoms in total. The molecular weight excluding hydrogens is 279 g/mol. The molecule has 114 valence electrons. The average molecular weight is 298 g/mol. The second-order valence-electron chi connectivity index (χ2n) is 5.64. The Morgan fingerprint density at radius 1 is 1.09 bits per heavy atom. The highest BCUT2D eigenvalue weighted by atomic mass is 19.1. The highest BCUT2D eigenvalue weighted by Crippen LogP contribution is 2.22. The van der Waals surface area contributed by atoms with Gasteiger partial charge in [0.05, 0.1) is 17.6 Å². The minimum absolute atomic E-state index is 0.0602. The Balaban J connectivity index is 2.10. The van der Waals surface area contributed by atoms with Gasteiger partial charge in [0.1, 0.15) is 11.6 Å².